The molecule has 2 aromatic rings. The standard InChI is InChI=1S/C18H20BClO2S/c1-17(2)18(3,4)22-19(21-17)11-10-15-8-9-16(23-15)13-6-5-7-14(20)12-13/h5-12H,1-4H3/b11-10+. The Morgan fingerprint density at radius 1 is 1.04 bits per heavy atom. The number of hydrogen-bond donors (Lipinski definition) is 0. The van der Waals surface area contributed by atoms with Crippen molar-refractivity contribution in [2.24, 2.45) is 0 Å². The van der Waals surface area contributed by atoms with Crippen LogP contribution in [0.25, 0.3) is 16.5 Å². The minimum Gasteiger partial charge on any atom is -0.400 e. The Hall–Kier alpha value is -1.07. The lowest BCUT2D eigenvalue weighted by molar-refractivity contribution is 0.00578. The molecule has 0 amide bonds. The van der Waals surface area contributed by atoms with E-state index >= 15 is 0 Å². The van der Waals surface area contributed by atoms with E-state index in [1.165, 1.54) is 4.88 Å². The molecule has 0 N–H and O–H groups in total. The van der Waals surface area contributed by atoms with Crippen molar-refractivity contribution in [1.82, 2.24) is 0 Å². The van der Waals surface area contributed by atoms with Crippen molar-refractivity contribution in [3.63, 3.8) is 0 Å². The number of rotatable bonds is 3. The molecule has 23 heavy (non-hydrogen) atoms. The molecule has 0 saturated carbocycles. The van der Waals surface area contributed by atoms with Crippen molar-refractivity contribution >= 4 is 36.1 Å². The molecule has 0 spiro atoms. The average Bonchev–Trinajstić information content (AvgIpc) is 3.00. The van der Waals surface area contributed by atoms with Crippen molar-refractivity contribution in [2.75, 3.05) is 0 Å². The van der Waals surface area contributed by atoms with Gasteiger partial charge in [0, 0.05) is 14.8 Å². The van der Waals surface area contributed by atoms with E-state index in [-0.39, 0.29) is 18.3 Å². The van der Waals surface area contributed by atoms with Crippen LogP contribution in [-0.2, 0) is 9.31 Å². The zero-order valence-corrected chi connectivity index (χ0v) is 15.4. The second kappa shape index (κ2) is 6.10. The second-order valence-electron chi connectivity index (χ2n) is 6.70. The normalized spacial score (nSPS) is 19.6. The maximum atomic E-state index is 6.06. The van der Waals surface area contributed by atoms with Gasteiger partial charge in [-0.15, -0.1) is 11.3 Å². The summed E-state index contributed by atoms with van der Waals surface area (Å²) in [7, 11) is -0.309. The molecule has 120 valence electrons. The van der Waals surface area contributed by atoms with E-state index in [0.717, 1.165) is 15.5 Å². The third kappa shape index (κ3) is 3.56. The summed E-state index contributed by atoms with van der Waals surface area (Å²) in [5, 5.41) is 0.755. The van der Waals surface area contributed by atoms with E-state index < -0.39 is 0 Å². The summed E-state index contributed by atoms with van der Waals surface area (Å²) in [5.41, 5.74) is 0.532. The van der Waals surface area contributed by atoms with Gasteiger partial charge >= 0.3 is 7.12 Å². The molecule has 0 radical (unpaired) electrons. The SMILES string of the molecule is CC1(C)OB(/C=C/c2ccc(-c3cccc(Cl)c3)s2)OC1(C)C. The van der Waals surface area contributed by atoms with Crippen molar-refractivity contribution in [3.8, 4) is 10.4 Å². The van der Waals surface area contributed by atoms with Crippen molar-refractivity contribution in [1.29, 1.82) is 0 Å². The Bertz CT molecular complexity index is 720. The minimum atomic E-state index is -0.309. The molecule has 1 saturated heterocycles. The average molecular weight is 347 g/mol. The summed E-state index contributed by atoms with van der Waals surface area (Å²) in [6.07, 6.45) is 2.06. The first-order chi connectivity index (χ1) is 10.8. The maximum Gasteiger partial charge on any atom is 0.487 e. The summed E-state index contributed by atoms with van der Waals surface area (Å²) < 4.78 is 11.9. The molecule has 2 heterocycles. The molecular weight excluding hydrogens is 327 g/mol. The zero-order valence-electron chi connectivity index (χ0n) is 13.8. The predicted molar refractivity (Wildman–Crippen MR) is 99.9 cm³/mol. The zero-order chi connectivity index (χ0) is 16.7. The van der Waals surface area contributed by atoms with Crippen molar-refractivity contribution in [2.45, 2.75) is 38.9 Å². The molecule has 1 fully saturated rings. The highest BCUT2D eigenvalue weighted by Gasteiger charge is 2.49. The maximum absolute atomic E-state index is 6.06. The van der Waals surface area contributed by atoms with Crippen LogP contribution < -0.4 is 0 Å². The molecule has 1 aliphatic heterocycles. The van der Waals surface area contributed by atoms with Crippen LogP contribution in [0.1, 0.15) is 32.6 Å². The molecule has 3 rings (SSSR count). The van der Waals surface area contributed by atoms with Gasteiger partial charge in [-0.05, 0) is 57.5 Å². The van der Waals surface area contributed by atoms with Crippen LogP contribution in [-0.4, -0.2) is 18.3 Å². The second-order valence-corrected chi connectivity index (χ2v) is 8.25. The van der Waals surface area contributed by atoms with Gasteiger partial charge in [-0.1, -0.05) is 35.8 Å². The van der Waals surface area contributed by atoms with Crippen LogP contribution in [0, 0.1) is 0 Å². The van der Waals surface area contributed by atoms with Gasteiger partial charge in [0.2, 0.25) is 0 Å². The van der Waals surface area contributed by atoms with E-state index in [1.54, 1.807) is 11.3 Å². The molecule has 0 aliphatic carbocycles. The number of thiophene rings is 1. The molecular formula is C18H20BClO2S. The monoisotopic (exact) mass is 346 g/mol. The lowest BCUT2D eigenvalue weighted by atomic mass is 9.90. The molecule has 1 aromatic heterocycles. The molecule has 0 atom stereocenters. The number of hydrogen-bond acceptors (Lipinski definition) is 3. The largest absolute Gasteiger partial charge is 0.487 e. The first-order valence-corrected chi connectivity index (χ1v) is 8.86. The first-order valence-electron chi connectivity index (χ1n) is 7.66. The van der Waals surface area contributed by atoms with Crippen LogP contribution in [0.15, 0.2) is 42.4 Å². The smallest absolute Gasteiger partial charge is 0.400 e. The Kier molecular flexibility index (Phi) is 4.45. The molecule has 0 unspecified atom stereocenters. The highest BCUT2D eigenvalue weighted by Crippen LogP contribution is 2.37. The van der Waals surface area contributed by atoms with Gasteiger partial charge in [-0.3, -0.25) is 0 Å². The fourth-order valence-corrected chi connectivity index (χ4v) is 3.49. The van der Waals surface area contributed by atoms with E-state index in [2.05, 4.69) is 52.0 Å². The van der Waals surface area contributed by atoms with E-state index in [0.29, 0.717) is 0 Å². The molecule has 2 nitrogen and oxygen atoms in total. The summed E-state index contributed by atoms with van der Waals surface area (Å²) in [5.74, 6) is 1.98. The van der Waals surface area contributed by atoms with Crippen LogP contribution in [0.5, 0.6) is 0 Å². The summed E-state index contributed by atoms with van der Waals surface area (Å²) in [6.45, 7) is 8.24. The van der Waals surface area contributed by atoms with Crippen LogP contribution >= 0.6 is 22.9 Å². The fourth-order valence-electron chi connectivity index (χ4n) is 2.38. The van der Waals surface area contributed by atoms with Gasteiger partial charge in [-0.25, -0.2) is 0 Å². The third-order valence-electron chi connectivity index (χ3n) is 4.43. The molecule has 0 bridgehead atoms. The molecule has 5 heteroatoms. The highest BCUT2D eigenvalue weighted by molar-refractivity contribution is 7.16. The van der Waals surface area contributed by atoms with Crippen LogP contribution in [0.4, 0.5) is 0 Å². The molecule has 1 aliphatic rings. The van der Waals surface area contributed by atoms with Crippen molar-refractivity contribution < 1.29 is 9.31 Å². The fraction of sp³-hybridized carbons (Fsp3) is 0.333. The van der Waals surface area contributed by atoms with E-state index in [9.17, 15) is 0 Å². The van der Waals surface area contributed by atoms with Gasteiger partial charge in [-0.2, -0.15) is 0 Å². The summed E-state index contributed by atoms with van der Waals surface area (Å²) >= 11 is 7.78. The summed E-state index contributed by atoms with van der Waals surface area (Å²) in [4.78, 5) is 2.36. The highest BCUT2D eigenvalue weighted by atomic mass is 35.5. The minimum absolute atomic E-state index is 0.302. The van der Waals surface area contributed by atoms with Gasteiger partial charge in [0.25, 0.3) is 0 Å². The lowest BCUT2D eigenvalue weighted by Crippen LogP contribution is -2.41. The van der Waals surface area contributed by atoms with Crippen LogP contribution in [0.3, 0.4) is 0 Å². The topological polar surface area (TPSA) is 18.5 Å². The van der Waals surface area contributed by atoms with E-state index in [1.807, 2.05) is 24.2 Å². The Morgan fingerprint density at radius 2 is 1.74 bits per heavy atom. The number of halogens is 1. The predicted octanol–water partition coefficient (Wildman–Crippen LogP) is 5.71. The van der Waals surface area contributed by atoms with Crippen molar-refractivity contribution in [3.05, 3.63) is 52.3 Å². The molecule has 1 aromatic carbocycles. The van der Waals surface area contributed by atoms with Gasteiger partial charge < -0.3 is 9.31 Å². The summed E-state index contributed by atoms with van der Waals surface area (Å²) in [6, 6.07) is 12.1. The first kappa shape index (κ1) is 16.8. The third-order valence-corrected chi connectivity index (χ3v) is 5.76. The Balaban J connectivity index is 1.73. The van der Waals surface area contributed by atoms with Gasteiger partial charge in [0.15, 0.2) is 0 Å². The van der Waals surface area contributed by atoms with E-state index in [4.69, 9.17) is 20.9 Å². The quantitative estimate of drug-likeness (QED) is 0.662. The van der Waals surface area contributed by atoms with Gasteiger partial charge in [0.05, 0.1) is 11.2 Å². The number of benzene rings is 1. The van der Waals surface area contributed by atoms with Crippen LogP contribution in [0.2, 0.25) is 5.02 Å². The Morgan fingerprint density at radius 3 is 2.39 bits per heavy atom. The lowest BCUT2D eigenvalue weighted by Gasteiger charge is -2.32. The van der Waals surface area contributed by atoms with Gasteiger partial charge in [0.1, 0.15) is 0 Å². The Labute approximate surface area is 147 Å².